The molecule has 9 heteroatoms. The van der Waals surface area contributed by atoms with Gasteiger partial charge in [0, 0.05) is 31.9 Å². The number of hydrogen-bond acceptors (Lipinski definition) is 5. The van der Waals surface area contributed by atoms with E-state index in [-0.39, 0.29) is 23.1 Å². The van der Waals surface area contributed by atoms with E-state index in [9.17, 15) is 8.42 Å². The number of nitrogens with two attached hydrogens (primary N) is 1. The lowest BCUT2D eigenvalue weighted by atomic mass is 10.3. The number of nitrogens with one attached hydrogen (secondary N) is 1. The molecule has 0 spiro atoms. The first-order chi connectivity index (χ1) is 10.00. The summed E-state index contributed by atoms with van der Waals surface area (Å²) in [5.41, 5.74) is 6.25. The molecular weight excluding hydrogens is 310 g/mol. The Hall–Kier alpha value is -1.84. The van der Waals surface area contributed by atoms with E-state index >= 15 is 0 Å². The van der Waals surface area contributed by atoms with Crippen LogP contribution in [0.5, 0.6) is 0 Å². The molecule has 7 nitrogen and oxygen atoms in total. The molecule has 2 aromatic heterocycles. The van der Waals surface area contributed by atoms with E-state index in [2.05, 4.69) is 15.2 Å². The van der Waals surface area contributed by atoms with Gasteiger partial charge in [-0.15, -0.1) is 0 Å². The maximum absolute atomic E-state index is 12.6. The van der Waals surface area contributed by atoms with Crippen molar-refractivity contribution >= 4 is 27.2 Å². The zero-order valence-corrected chi connectivity index (χ0v) is 12.8. The van der Waals surface area contributed by atoms with Crippen molar-refractivity contribution in [3.05, 3.63) is 42.4 Å². The average Bonchev–Trinajstić information content (AvgIpc) is 2.99. The van der Waals surface area contributed by atoms with Crippen LogP contribution in [0, 0.1) is 0 Å². The largest absolute Gasteiger partial charge is 0.393 e. The Labute approximate surface area is 128 Å². The Kier molecular flexibility index (Phi) is 4.99. The third-order valence-electron chi connectivity index (χ3n) is 2.78. The number of H-pyrrole nitrogens is 1. The van der Waals surface area contributed by atoms with E-state index in [0.29, 0.717) is 6.42 Å². The Morgan fingerprint density at radius 3 is 2.76 bits per heavy atom. The molecule has 3 N–H and O–H groups in total. The Morgan fingerprint density at radius 2 is 2.19 bits per heavy atom. The summed E-state index contributed by atoms with van der Waals surface area (Å²) < 4.78 is 26.4. The number of thiocarbonyl (C=S) groups is 1. The van der Waals surface area contributed by atoms with Crippen molar-refractivity contribution in [2.24, 2.45) is 5.73 Å². The molecule has 112 valence electrons. The van der Waals surface area contributed by atoms with Gasteiger partial charge in [0.1, 0.15) is 0 Å². The predicted octanol–water partition coefficient (Wildman–Crippen LogP) is 0.672. The molecule has 2 heterocycles. The van der Waals surface area contributed by atoms with E-state index in [0.717, 1.165) is 5.56 Å². The zero-order valence-electron chi connectivity index (χ0n) is 11.1. The Morgan fingerprint density at radius 1 is 1.38 bits per heavy atom. The number of hydrogen-bond donors (Lipinski definition) is 2. The molecule has 0 saturated heterocycles. The van der Waals surface area contributed by atoms with E-state index in [1.54, 1.807) is 18.5 Å². The van der Waals surface area contributed by atoms with Gasteiger partial charge in [-0.3, -0.25) is 10.1 Å². The van der Waals surface area contributed by atoms with Crippen LogP contribution in [0.25, 0.3) is 0 Å². The van der Waals surface area contributed by atoms with Crippen LogP contribution in [0.2, 0.25) is 0 Å². The molecule has 0 saturated carbocycles. The SMILES string of the molecule is NC(=S)CCN(Cc1cccnc1)S(=O)(=O)c1ccn[nH]1. The highest BCUT2D eigenvalue weighted by atomic mass is 32.2. The van der Waals surface area contributed by atoms with E-state index < -0.39 is 10.0 Å². The van der Waals surface area contributed by atoms with Crippen LogP contribution in [0.15, 0.2) is 41.8 Å². The van der Waals surface area contributed by atoms with Gasteiger partial charge in [-0.05, 0) is 17.7 Å². The minimum atomic E-state index is -3.68. The molecule has 0 amide bonds. The molecule has 0 aliphatic heterocycles. The number of nitrogens with zero attached hydrogens (tertiary/aromatic N) is 3. The quantitative estimate of drug-likeness (QED) is 0.725. The highest BCUT2D eigenvalue weighted by Gasteiger charge is 2.25. The van der Waals surface area contributed by atoms with E-state index in [1.807, 2.05) is 6.07 Å². The molecule has 0 aromatic carbocycles. The summed E-state index contributed by atoms with van der Waals surface area (Å²) in [5, 5.41) is 6.19. The van der Waals surface area contributed by atoms with Crippen molar-refractivity contribution in [2.75, 3.05) is 6.54 Å². The van der Waals surface area contributed by atoms with E-state index in [4.69, 9.17) is 18.0 Å². The predicted molar refractivity (Wildman–Crippen MR) is 81.8 cm³/mol. The summed E-state index contributed by atoms with van der Waals surface area (Å²) in [4.78, 5) is 4.26. The van der Waals surface area contributed by atoms with Crippen LogP contribution in [0.3, 0.4) is 0 Å². The van der Waals surface area contributed by atoms with Crippen molar-refractivity contribution < 1.29 is 8.42 Å². The van der Waals surface area contributed by atoms with Crippen molar-refractivity contribution in [1.82, 2.24) is 19.5 Å². The monoisotopic (exact) mass is 325 g/mol. The summed E-state index contributed by atoms with van der Waals surface area (Å²) in [7, 11) is -3.68. The van der Waals surface area contributed by atoms with Crippen molar-refractivity contribution in [3.63, 3.8) is 0 Å². The standard InChI is InChI=1S/C12H15N5O2S2/c13-11(20)4-7-17(9-10-2-1-5-14-8-10)21(18,19)12-3-6-15-16-12/h1-3,5-6,8H,4,7,9H2,(H2,13,20)(H,15,16). The molecule has 0 bridgehead atoms. The van der Waals surface area contributed by atoms with Crippen LogP contribution in [0.1, 0.15) is 12.0 Å². The van der Waals surface area contributed by atoms with Crippen LogP contribution in [-0.2, 0) is 16.6 Å². The maximum Gasteiger partial charge on any atom is 0.260 e. The van der Waals surface area contributed by atoms with Crippen LogP contribution >= 0.6 is 12.2 Å². The van der Waals surface area contributed by atoms with E-state index in [1.165, 1.54) is 16.6 Å². The first-order valence-electron chi connectivity index (χ1n) is 6.17. The smallest absolute Gasteiger partial charge is 0.260 e. The van der Waals surface area contributed by atoms with Crippen LogP contribution < -0.4 is 5.73 Å². The first-order valence-corrected chi connectivity index (χ1v) is 8.01. The van der Waals surface area contributed by atoms with Crippen LogP contribution in [-0.4, -0.2) is 39.4 Å². The van der Waals surface area contributed by atoms with Crippen molar-refractivity contribution in [3.8, 4) is 0 Å². The molecule has 0 atom stereocenters. The lowest BCUT2D eigenvalue weighted by molar-refractivity contribution is 0.413. The summed E-state index contributed by atoms with van der Waals surface area (Å²) in [5.74, 6) is 0. The van der Waals surface area contributed by atoms with Crippen molar-refractivity contribution in [1.29, 1.82) is 0 Å². The van der Waals surface area contributed by atoms with Gasteiger partial charge in [-0.1, -0.05) is 18.3 Å². The number of pyridine rings is 1. The lowest BCUT2D eigenvalue weighted by Crippen LogP contribution is -2.33. The minimum absolute atomic E-state index is 0.0364. The Bertz CT molecular complexity index is 686. The fraction of sp³-hybridized carbons (Fsp3) is 0.250. The number of aromatic nitrogens is 3. The third kappa shape index (κ3) is 4.06. The highest BCUT2D eigenvalue weighted by molar-refractivity contribution is 7.89. The highest BCUT2D eigenvalue weighted by Crippen LogP contribution is 2.16. The minimum Gasteiger partial charge on any atom is -0.393 e. The second-order valence-corrected chi connectivity index (χ2v) is 6.77. The fourth-order valence-electron chi connectivity index (χ4n) is 1.74. The molecule has 21 heavy (non-hydrogen) atoms. The Balaban J connectivity index is 2.25. The van der Waals surface area contributed by atoms with Gasteiger partial charge in [0.15, 0.2) is 5.03 Å². The second kappa shape index (κ2) is 6.74. The van der Waals surface area contributed by atoms with Gasteiger partial charge in [-0.25, -0.2) is 8.42 Å². The van der Waals surface area contributed by atoms with Gasteiger partial charge < -0.3 is 5.73 Å². The zero-order chi connectivity index (χ0) is 15.3. The average molecular weight is 325 g/mol. The molecule has 2 aromatic rings. The third-order valence-corrected chi connectivity index (χ3v) is 4.76. The molecule has 0 aliphatic carbocycles. The molecule has 0 fully saturated rings. The second-order valence-electron chi connectivity index (χ2n) is 4.34. The molecule has 0 unspecified atom stereocenters. The maximum atomic E-state index is 12.6. The van der Waals surface area contributed by atoms with Gasteiger partial charge in [-0.2, -0.15) is 9.40 Å². The van der Waals surface area contributed by atoms with Gasteiger partial charge in [0.2, 0.25) is 0 Å². The lowest BCUT2D eigenvalue weighted by Gasteiger charge is -2.21. The summed E-state index contributed by atoms with van der Waals surface area (Å²) in [6.07, 6.45) is 4.95. The summed E-state index contributed by atoms with van der Waals surface area (Å²) >= 11 is 4.83. The van der Waals surface area contributed by atoms with Gasteiger partial charge in [0.25, 0.3) is 10.0 Å². The normalized spacial score (nSPS) is 11.7. The molecule has 2 rings (SSSR count). The molecule has 0 radical (unpaired) electrons. The topological polar surface area (TPSA) is 105 Å². The summed E-state index contributed by atoms with van der Waals surface area (Å²) in [6.45, 7) is 0.392. The van der Waals surface area contributed by atoms with Crippen molar-refractivity contribution in [2.45, 2.75) is 18.0 Å². The number of aromatic amines is 1. The van der Waals surface area contributed by atoms with Gasteiger partial charge in [0.05, 0.1) is 11.2 Å². The molecular formula is C12H15N5O2S2. The van der Waals surface area contributed by atoms with Gasteiger partial charge >= 0.3 is 0 Å². The first kappa shape index (κ1) is 15.5. The number of sulfonamides is 1. The summed E-state index contributed by atoms with van der Waals surface area (Å²) in [6, 6.07) is 4.97. The fourth-order valence-corrected chi connectivity index (χ4v) is 3.16. The number of rotatable bonds is 7. The van der Waals surface area contributed by atoms with Crippen LogP contribution in [0.4, 0.5) is 0 Å². The molecule has 0 aliphatic rings.